The zero-order valence-corrected chi connectivity index (χ0v) is 38.8. The summed E-state index contributed by atoms with van der Waals surface area (Å²) >= 11 is 0. The minimum atomic E-state index is 0.0129. The first-order valence-corrected chi connectivity index (χ1v) is 24.3. The van der Waals surface area contributed by atoms with Crippen molar-refractivity contribution < 1.29 is 4.42 Å². The summed E-state index contributed by atoms with van der Waals surface area (Å²) in [4.78, 5) is 0. The molecule has 1 heterocycles. The molecule has 1 aromatic heterocycles. The fraction of sp³-hybridized carbons (Fsp3) is 0.0435. The van der Waals surface area contributed by atoms with Crippen LogP contribution in [0.25, 0.3) is 55.3 Å². The maximum absolute atomic E-state index is 6.47. The Bertz CT molecular complexity index is 3390. The first-order chi connectivity index (χ1) is 34.7. The number of furan rings is 1. The third-order valence-corrected chi connectivity index (χ3v) is 14.1. The topological polar surface area (TPSA) is 13.1 Å². The summed E-state index contributed by atoms with van der Waals surface area (Å²) in [5, 5.41) is 2.28. The van der Waals surface area contributed by atoms with E-state index in [4.69, 9.17) is 4.42 Å². The van der Waals surface area contributed by atoms with Crippen LogP contribution in [0.5, 0.6) is 0 Å². The predicted octanol–water partition coefficient (Wildman–Crippen LogP) is 18.1. The van der Waals surface area contributed by atoms with Crippen molar-refractivity contribution in [3.05, 3.63) is 335 Å². The van der Waals surface area contributed by atoms with Crippen LogP contribution in [-0.4, -0.2) is 0 Å². The van der Waals surface area contributed by atoms with Crippen molar-refractivity contribution in [2.45, 2.75) is 17.8 Å². The van der Waals surface area contributed by atoms with Gasteiger partial charge in [-0.05, 0) is 84.0 Å². The molecule has 0 atom stereocenters. The number of benzene rings is 11. The second-order valence-electron chi connectivity index (χ2n) is 18.3. The molecule has 11 aromatic carbocycles. The van der Waals surface area contributed by atoms with Crippen molar-refractivity contribution in [3.8, 4) is 33.4 Å². The van der Waals surface area contributed by atoms with Crippen molar-refractivity contribution in [2.24, 2.45) is 0 Å². The fourth-order valence-corrected chi connectivity index (χ4v) is 10.6. The van der Waals surface area contributed by atoms with Crippen molar-refractivity contribution >= 4 is 21.9 Å². The van der Waals surface area contributed by atoms with E-state index >= 15 is 0 Å². The molecule has 0 aliphatic rings. The molecular formula is C69H50O. The third-order valence-electron chi connectivity index (χ3n) is 14.1. The van der Waals surface area contributed by atoms with Crippen LogP contribution in [0.4, 0.5) is 0 Å². The summed E-state index contributed by atoms with van der Waals surface area (Å²) in [7, 11) is 0. The third kappa shape index (κ3) is 8.44. The van der Waals surface area contributed by atoms with Crippen molar-refractivity contribution in [1.82, 2.24) is 0 Å². The number of hydrogen-bond acceptors (Lipinski definition) is 1. The second-order valence-corrected chi connectivity index (χ2v) is 18.3. The minimum absolute atomic E-state index is 0.0129. The van der Waals surface area contributed by atoms with Crippen LogP contribution >= 0.6 is 0 Å². The van der Waals surface area contributed by atoms with E-state index in [1.165, 1.54) is 72.3 Å². The average Bonchev–Trinajstić information content (AvgIpc) is 3.83. The van der Waals surface area contributed by atoms with Gasteiger partial charge in [0.15, 0.2) is 0 Å². The molecule has 0 unspecified atom stereocenters. The predicted molar refractivity (Wildman–Crippen MR) is 292 cm³/mol. The lowest BCUT2D eigenvalue weighted by Gasteiger charge is -2.21. The lowest BCUT2D eigenvalue weighted by atomic mass is 9.83. The molecule has 0 bridgehead atoms. The molecule has 0 aliphatic carbocycles. The Labute approximate surface area is 410 Å². The molecule has 0 amide bonds. The summed E-state index contributed by atoms with van der Waals surface area (Å²) in [6, 6.07) is 104. The van der Waals surface area contributed by atoms with Gasteiger partial charge in [-0.2, -0.15) is 0 Å². The first kappa shape index (κ1) is 42.6. The van der Waals surface area contributed by atoms with E-state index in [0.717, 1.165) is 33.1 Å². The van der Waals surface area contributed by atoms with E-state index in [0.29, 0.717) is 0 Å². The Morgan fingerprint density at radius 2 is 0.471 bits per heavy atom. The van der Waals surface area contributed by atoms with Crippen LogP contribution < -0.4 is 0 Å². The van der Waals surface area contributed by atoms with Gasteiger partial charge in [0.1, 0.15) is 11.2 Å². The van der Waals surface area contributed by atoms with E-state index in [9.17, 15) is 0 Å². The molecule has 1 nitrogen and oxygen atoms in total. The van der Waals surface area contributed by atoms with E-state index in [2.05, 4.69) is 273 Å². The molecule has 1 heteroatoms. The smallest absolute Gasteiger partial charge is 0.143 e. The maximum atomic E-state index is 6.47. The number of hydrogen-bond donors (Lipinski definition) is 0. The normalized spacial score (nSPS) is 11.5. The Hall–Kier alpha value is -8.78. The summed E-state index contributed by atoms with van der Waals surface area (Å²) < 4.78 is 6.47. The zero-order chi connectivity index (χ0) is 46.6. The standard InChI is InChI=1S/C69H50O/c1-5-16-53(17-6-1)66(54-18-7-2-8-19-54)57-38-28-48(29-39-57)50-32-42-59(43-33-50)68(61-46-36-52(37-47-61)62-25-15-26-64-63-24-13-14-27-65(63)70-69(62)64)60-44-34-51(35-45-60)49-30-40-58(41-31-49)67(55-20-9-3-10-21-55)56-22-11-4-12-23-56/h1-47,66-68H. The van der Waals surface area contributed by atoms with Gasteiger partial charge >= 0.3 is 0 Å². The lowest BCUT2D eigenvalue weighted by molar-refractivity contribution is 0.670. The molecule has 0 fully saturated rings. The SMILES string of the molecule is c1ccc(C(c2ccccc2)c2ccc(-c3ccc(C(c4ccc(-c5ccc(C(c6ccccc6)c6ccccc6)cc5)cc4)c4ccc(-c5cccc6c5oc5ccccc56)cc4)cc3)cc2)cc1. The van der Waals surface area contributed by atoms with Gasteiger partial charge in [0.05, 0.1) is 0 Å². The van der Waals surface area contributed by atoms with Crippen LogP contribution in [0.3, 0.4) is 0 Å². The lowest BCUT2D eigenvalue weighted by Crippen LogP contribution is -2.04. The van der Waals surface area contributed by atoms with Crippen molar-refractivity contribution in [2.75, 3.05) is 0 Å². The van der Waals surface area contributed by atoms with E-state index in [-0.39, 0.29) is 17.8 Å². The largest absolute Gasteiger partial charge is 0.455 e. The Morgan fingerprint density at radius 1 is 0.200 bits per heavy atom. The van der Waals surface area contributed by atoms with Gasteiger partial charge in [0.2, 0.25) is 0 Å². The van der Waals surface area contributed by atoms with Gasteiger partial charge in [0, 0.05) is 34.1 Å². The molecule has 0 spiro atoms. The van der Waals surface area contributed by atoms with Crippen LogP contribution in [0.2, 0.25) is 0 Å². The molecule has 0 N–H and O–H groups in total. The van der Waals surface area contributed by atoms with Gasteiger partial charge < -0.3 is 4.42 Å². The Kier molecular flexibility index (Phi) is 11.6. The Balaban J connectivity index is 0.871. The minimum Gasteiger partial charge on any atom is -0.455 e. The summed E-state index contributed by atoms with van der Waals surface area (Å²) in [5.74, 6) is 0.337. The Morgan fingerprint density at radius 3 is 0.814 bits per heavy atom. The number of para-hydroxylation sites is 2. The summed E-state index contributed by atoms with van der Waals surface area (Å²) in [6.07, 6.45) is 0. The van der Waals surface area contributed by atoms with Crippen LogP contribution in [0.1, 0.15) is 67.8 Å². The highest BCUT2D eigenvalue weighted by molar-refractivity contribution is 6.09. The van der Waals surface area contributed by atoms with Gasteiger partial charge in [-0.15, -0.1) is 0 Å². The number of rotatable bonds is 12. The molecular weight excluding hydrogens is 845 g/mol. The van der Waals surface area contributed by atoms with Gasteiger partial charge in [-0.25, -0.2) is 0 Å². The van der Waals surface area contributed by atoms with Crippen LogP contribution in [-0.2, 0) is 0 Å². The molecule has 70 heavy (non-hydrogen) atoms. The first-order valence-electron chi connectivity index (χ1n) is 24.3. The summed E-state index contributed by atoms with van der Waals surface area (Å²) in [5.41, 5.74) is 20.3. The highest BCUT2D eigenvalue weighted by Crippen LogP contribution is 2.40. The summed E-state index contributed by atoms with van der Waals surface area (Å²) in [6.45, 7) is 0. The zero-order valence-electron chi connectivity index (χ0n) is 38.8. The van der Waals surface area contributed by atoms with Crippen molar-refractivity contribution in [3.63, 3.8) is 0 Å². The fourth-order valence-electron chi connectivity index (χ4n) is 10.6. The van der Waals surface area contributed by atoms with E-state index in [1.807, 2.05) is 12.1 Å². The van der Waals surface area contributed by atoms with E-state index in [1.54, 1.807) is 0 Å². The van der Waals surface area contributed by atoms with Gasteiger partial charge in [0.25, 0.3) is 0 Å². The van der Waals surface area contributed by atoms with Crippen LogP contribution in [0, 0.1) is 0 Å². The van der Waals surface area contributed by atoms with E-state index < -0.39 is 0 Å². The monoisotopic (exact) mass is 894 g/mol. The number of fused-ring (bicyclic) bond motifs is 3. The van der Waals surface area contributed by atoms with Crippen molar-refractivity contribution in [1.29, 1.82) is 0 Å². The molecule has 332 valence electrons. The molecule has 0 saturated carbocycles. The average molecular weight is 895 g/mol. The van der Waals surface area contributed by atoms with Gasteiger partial charge in [-0.1, -0.05) is 279 Å². The van der Waals surface area contributed by atoms with Gasteiger partial charge in [-0.3, -0.25) is 0 Å². The molecule has 0 aliphatic heterocycles. The maximum Gasteiger partial charge on any atom is 0.143 e. The molecule has 12 rings (SSSR count). The highest BCUT2D eigenvalue weighted by atomic mass is 16.3. The highest BCUT2D eigenvalue weighted by Gasteiger charge is 2.21. The van der Waals surface area contributed by atoms with Crippen LogP contribution in [0.15, 0.2) is 290 Å². The second kappa shape index (κ2) is 19.1. The quantitative estimate of drug-likeness (QED) is 0.111. The molecule has 12 aromatic rings. The molecule has 0 radical (unpaired) electrons. The molecule has 0 saturated heterocycles.